The average molecular weight is 293 g/mol. The first-order valence-electron chi connectivity index (χ1n) is 6.69. The van der Waals surface area contributed by atoms with Crippen LogP contribution in [0, 0.1) is 18.3 Å². The summed E-state index contributed by atoms with van der Waals surface area (Å²) in [6, 6.07) is 16.3. The minimum Gasteiger partial charge on any atom is -0.484 e. The Morgan fingerprint density at radius 3 is 2.68 bits per heavy atom. The Bertz CT molecular complexity index is 715. The van der Waals surface area contributed by atoms with Gasteiger partial charge in [0.25, 0.3) is 5.91 Å². The number of aryl methyl sites for hydroxylation is 1. The van der Waals surface area contributed by atoms with E-state index in [-0.39, 0.29) is 12.5 Å². The lowest BCUT2D eigenvalue weighted by Gasteiger charge is -2.04. The fourth-order valence-electron chi connectivity index (χ4n) is 1.71. The third-order valence-electron chi connectivity index (χ3n) is 2.93. The molecule has 0 saturated heterocycles. The summed E-state index contributed by atoms with van der Waals surface area (Å²) in [5.74, 6) is 0.172. The van der Waals surface area contributed by atoms with Crippen molar-refractivity contribution in [2.75, 3.05) is 6.61 Å². The molecule has 0 saturated carbocycles. The van der Waals surface area contributed by atoms with Gasteiger partial charge in [-0.3, -0.25) is 4.79 Å². The Hall–Kier alpha value is -3.13. The maximum atomic E-state index is 11.6. The molecule has 0 atom stereocenters. The molecule has 2 aromatic rings. The minimum absolute atomic E-state index is 0.142. The molecule has 0 aliphatic rings. The van der Waals surface area contributed by atoms with Gasteiger partial charge in [0.1, 0.15) is 5.75 Å². The number of hydrogen-bond acceptors (Lipinski definition) is 4. The quantitative estimate of drug-likeness (QED) is 0.679. The predicted octanol–water partition coefficient (Wildman–Crippen LogP) is 2.40. The van der Waals surface area contributed by atoms with E-state index in [0.717, 1.165) is 11.1 Å². The molecule has 2 rings (SSSR count). The van der Waals surface area contributed by atoms with Crippen LogP contribution in [0.5, 0.6) is 5.75 Å². The van der Waals surface area contributed by atoms with E-state index in [0.29, 0.717) is 11.3 Å². The monoisotopic (exact) mass is 293 g/mol. The van der Waals surface area contributed by atoms with E-state index in [1.807, 2.05) is 37.3 Å². The van der Waals surface area contributed by atoms with Gasteiger partial charge in [-0.15, -0.1) is 0 Å². The van der Waals surface area contributed by atoms with E-state index in [4.69, 9.17) is 10.00 Å². The van der Waals surface area contributed by atoms with Gasteiger partial charge in [-0.05, 0) is 42.3 Å². The molecule has 22 heavy (non-hydrogen) atoms. The number of carbonyl (C=O) groups excluding carboxylic acids is 1. The van der Waals surface area contributed by atoms with E-state index < -0.39 is 0 Å². The lowest BCUT2D eigenvalue weighted by atomic mass is 10.1. The molecule has 0 radical (unpaired) electrons. The van der Waals surface area contributed by atoms with Gasteiger partial charge in [-0.2, -0.15) is 10.4 Å². The highest BCUT2D eigenvalue weighted by Crippen LogP contribution is 2.11. The lowest BCUT2D eigenvalue weighted by Crippen LogP contribution is -2.24. The van der Waals surface area contributed by atoms with E-state index >= 15 is 0 Å². The van der Waals surface area contributed by atoms with Crippen LogP contribution in [0.4, 0.5) is 0 Å². The molecule has 0 aliphatic heterocycles. The molecule has 0 fully saturated rings. The molecule has 5 heteroatoms. The summed E-state index contributed by atoms with van der Waals surface area (Å²) >= 11 is 0. The number of nitriles is 1. The second kappa shape index (κ2) is 7.60. The highest BCUT2D eigenvalue weighted by Gasteiger charge is 2.01. The Balaban J connectivity index is 1.80. The summed E-state index contributed by atoms with van der Waals surface area (Å²) < 4.78 is 5.30. The molecular weight excluding hydrogens is 278 g/mol. The van der Waals surface area contributed by atoms with Crippen LogP contribution in [0.3, 0.4) is 0 Å². The van der Waals surface area contributed by atoms with Gasteiger partial charge in [-0.1, -0.05) is 24.3 Å². The number of benzene rings is 2. The van der Waals surface area contributed by atoms with Gasteiger partial charge in [0, 0.05) is 0 Å². The van der Waals surface area contributed by atoms with Crippen LogP contribution < -0.4 is 10.2 Å². The van der Waals surface area contributed by atoms with Crippen LogP contribution >= 0.6 is 0 Å². The molecule has 0 heterocycles. The zero-order valence-electron chi connectivity index (χ0n) is 12.1. The van der Waals surface area contributed by atoms with Crippen molar-refractivity contribution < 1.29 is 9.53 Å². The summed E-state index contributed by atoms with van der Waals surface area (Å²) in [4.78, 5) is 11.6. The number of ether oxygens (including phenoxy) is 1. The molecule has 0 bridgehead atoms. The fraction of sp³-hybridized carbons (Fsp3) is 0.118. The van der Waals surface area contributed by atoms with Crippen molar-refractivity contribution in [1.82, 2.24) is 5.43 Å². The second-order valence-corrected chi connectivity index (χ2v) is 4.57. The van der Waals surface area contributed by atoms with Crippen LogP contribution in [0.2, 0.25) is 0 Å². The van der Waals surface area contributed by atoms with Crippen molar-refractivity contribution in [3.05, 3.63) is 65.2 Å². The van der Waals surface area contributed by atoms with Crippen molar-refractivity contribution in [3.63, 3.8) is 0 Å². The van der Waals surface area contributed by atoms with Crippen molar-refractivity contribution in [2.45, 2.75) is 6.92 Å². The second-order valence-electron chi connectivity index (χ2n) is 4.57. The van der Waals surface area contributed by atoms with E-state index in [2.05, 4.69) is 10.5 Å². The Morgan fingerprint density at radius 2 is 2.00 bits per heavy atom. The number of hydrogen-bond donors (Lipinski definition) is 1. The molecule has 0 aliphatic carbocycles. The highest BCUT2D eigenvalue weighted by atomic mass is 16.5. The average Bonchev–Trinajstić information content (AvgIpc) is 2.55. The smallest absolute Gasteiger partial charge is 0.277 e. The molecule has 1 amide bonds. The summed E-state index contributed by atoms with van der Waals surface area (Å²) in [6.07, 6.45) is 1.59. The standard InChI is InChI=1S/C17H15N3O2/c1-13-4-2-3-5-15(13)11-19-20-17(21)12-22-16-8-6-14(10-18)7-9-16/h2-9,11H,12H2,1H3,(H,20,21)/b19-11+. The number of carbonyl (C=O) groups is 1. The minimum atomic E-state index is -0.353. The number of hydrazone groups is 1. The Kier molecular flexibility index (Phi) is 5.27. The number of amides is 1. The van der Waals surface area contributed by atoms with Crippen LogP contribution in [-0.2, 0) is 4.79 Å². The molecule has 110 valence electrons. The van der Waals surface area contributed by atoms with Gasteiger partial charge in [0.15, 0.2) is 6.61 Å². The van der Waals surface area contributed by atoms with E-state index in [1.54, 1.807) is 30.5 Å². The summed E-state index contributed by atoms with van der Waals surface area (Å²) in [7, 11) is 0. The van der Waals surface area contributed by atoms with Crippen molar-refractivity contribution in [1.29, 1.82) is 5.26 Å². The van der Waals surface area contributed by atoms with Crippen molar-refractivity contribution in [2.24, 2.45) is 5.10 Å². The first kappa shape index (κ1) is 15.3. The summed E-state index contributed by atoms with van der Waals surface area (Å²) in [5.41, 5.74) is 4.96. The normalized spacial score (nSPS) is 10.2. The number of nitrogens with one attached hydrogen (secondary N) is 1. The zero-order valence-corrected chi connectivity index (χ0v) is 12.1. The van der Waals surface area contributed by atoms with E-state index in [9.17, 15) is 4.79 Å². The molecule has 1 N–H and O–H groups in total. The molecule has 5 nitrogen and oxygen atoms in total. The molecule has 0 unspecified atom stereocenters. The van der Waals surface area contributed by atoms with Crippen LogP contribution in [-0.4, -0.2) is 18.7 Å². The maximum absolute atomic E-state index is 11.6. The van der Waals surface area contributed by atoms with Crippen LogP contribution in [0.1, 0.15) is 16.7 Å². The van der Waals surface area contributed by atoms with Crippen molar-refractivity contribution >= 4 is 12.1 Å². The van der Waals surface area contributed by atoms with Gasteiger partial charge in [0.05, 0.1) is 17.8 Å². The Morgan fingerprint density at radius 1 is 1.27 bits per heavy atom. The van der Waals surface area contributed by atoms with Crippen LogP contribution in [0.15, 0.2) is 53.6 Å². The number of rotatable bonds is 5. The van der Waals surface area contributed by atoms with Gasteiger partial charge < -0.3 is 4.74 Å². The maximum Gasteiger partial charge on any atom is 0.277 e. The Labute approximate surface area is 128 Å². The fourth-order valence-corrected chi connectivity index (χ4v) is 1.71. The highest BCUT2D eigenvalue weighted by molar-refractivity contribution is 5.84. The molecule has 2 aromatic carbocycles. The zero-order chi connectivity index (χ0) is 15.8. The largest absolute Gasteiger partial charge is 0.484 e. The van der Waals surface area contributed by atoms with Gasteiger partial charge >= 0.3 is 0 Å². The molecular formula is C17H15N3O2. The van der Waals surface area contributed by atoms with Crippen molar-refractivity contribution in [3.8, 4) is 11.8 Å². The predicted molar refractivity (Wildman–Crippen MR) is 83.6 cm³/mol. The lowest BCUT2D eigenvalue weighted by molar-refractivity contribution is -0.123. The number of nitrogens with zero attached hydrogens (tertiary/aromatic N) is 2. The first-order chi connectivity index (χ1) is 10.7. The van der Waals surface area contributed by atoms with Gasteiger partial charge in [0.2, 0.25) is 0 Å². The molecule has 0 spiro atoms. The first-order valence-corrected chi connectivity index (χ1v) is 6.69. The summed E-state index contributed by atoms with van der Waals surface area (Å²) in [6.45, 7) is 1.83. The molecule has 0 aromatic heterocycles. The van der Waals surface area contributed by atoms with Crippen LogP contribution in [0.25, 0.3) is 0 Å². The SMILES string of the molecule is Cc1ccccc1/C=N/NC(=O)COc1ccc(C#N)cc1. The topological polar surface area (TPSA) is 74.5 Å². The van der Waals surface area contributed by atoms with E-state index in [1.165, 1.54) is 0 Å². The third-order valence-corrected chi connectivity index (χ3v) is 2.93. The third kappa shape index (κ3) is 4.46. The van der Waals surface area contributed by atoms with Gasteiger partial charge in [-0.25, -0.2) is 5.43 Å². The summed E-state index contributed by atoms with van der Waals surface area (Å²) in [5, 5.41) is 12.6.